The van der Waals surface area contributed by atoms with Crippen molar-refractivity contribution < 1.29 is 24.5 Å². The summed E-state index contributed by atoms with van der Waals surface area (Å²) < 4.78 is 11.0. The molecule has 0 aromatic heterocycles. The summed E-state index contributed by atoms with van der Waals surface area (Å²) in [4.78, 5) is 12.3. The second-order valence-electron chi connectivity index (χ2n) is 5.87. The number of hydrogen-bond donors (Lipinski definition) is 2. The van der Waals surface area contributed by atoms with Crippen molar-refractivity contribution >= 4 is 5.97 Å². The van der Waals surface area contributed by atoms with Crippen molar-refractivity contribution in [3.63, 3.8) is 0 Å². The van der Waals surface area contributed by atoms with E-state index in [0.29, 0.717) is 17.9 Å². The third-order valence-corrected chi connectivity index (χ3v) is 3.34. The second kappa shape index (κ2) is 8.36. The minimum atomic E-state index is -0.791. The highest BCUT2D eigenvalue weighted by atomic mass is 16.5. The molecule has 0 spiro atoms. The van der Waals surface area contributed by atoms with Crippen molar-refractivity contribution in [1.29, 1.82) is 0 Å². The minimum Gasteiger partial charge on any atom is -0.508 e. The van der Waals surface area contributed by atoms with E-state index in [1.165, 1.54) is 18.2 Å². The van der Waals surface area contributed by atoms with E-state index in [1.54, 1.807) is 12.1 Å². The Bertz CT molecular complexity index is 667. The molecular weight excluding hydrogens is 308 g/mol. The van der Waals surface area contributed by atoms with Gasteiger partial charge in [-0.25, -0.2) is 4.79 Å². The number of benzene rings is 2. The van der Waals surface area contributed by atoms with Crippen LogP contribution in [0.4, 0.5) is 0 Å². The van der Waals surface area contributed by atoms with Crippen LogP contribution in [0, 0.1) is 5.92 Å². The third kappa shape index (κ3) is 4.73. The Balaban J connectivity index is 2.28. The summed E-state index contributed by atoms with van der Waals surface area (Å²) in [5.41, 5.74) is 0.651. The quantitative estimate of drug-likeness (QED) is 0.762. The van der Waals surface area contributed by atoms with E-state index in [4.69, 9.17) is 9.47 Å². The molecule has 0 aliphatic rings. The monoisotopic (exact) mass is 330 g/mol. The average molecular weight is 330 g/mol. The number of hydrogen-bond acceptors (Lipinski definition) is 5. The molecule has 0 aliphatic carbocycles. The Morgan fingerprint density at radius 3 is 2.46 bits per heavy atom. The lowest BCUT2D eigenvalue weighted by Crippen LogP contribution is -2.18. The summed E-state index contributed by atoms with van der Waals surface area (Å²) in [5.74, 6) is 0.249. The molecule has 2 rings (SSSR count). The summed E-state index contributed by atoms with van der Waals surface area (Å²) in [6.07, 6.45) is -0.791. The van der Waals surface area contributed by atoms with E-state index < -0.39 is 12.1 Å². The van der Waals surface area contributed by atoms with Gasteiger partial charge in [0.15, 0.2) is 0 Å². The zero-order valence-corrected chi connectivity index (χ0v) is 13.8. The maximum Gasteiger partial charge on any atom is 0.338 e. The topological polar surface area (TPSA) is 76.0 Å². The molecule has 0 amide bonds. The molecule has 1 atom stereocenters. The predicted octanol–water partition coefficient (Wildman–Crippen LogP) is 3.32. The number of carbonyl (C=O) groups is 1. The Kier molecular flexibility index (Phi) is 6.21. The zero-order chi connectivity index (χ0) is 17.5. The third-order valence-electron chi connectivity index (χ3n) is 3.34. The van der Waals surface area contributed by atoms with Gasteiger partial charge in [-0.05, 0) is 36.2 Å². The van der Waals surface area contributed by atoms with E-state index >= 15 is 0 Å². The Morgan fingerprint density at radius 2 is 1.83 bits per heavy atom. The maximum absolute atomic E-state index is 12.3. The first-order chi connectivity index (χ1) is 11.5. The molecule has 2 N–H and O–H groups in total. The summed E-state index contributed by atoms with van der Waals surface area (Å²) in [6.45, 7) is 3.84. The van der Waals surface area contributed by atoms with Crippen LogP contribution in [0.5, 0.6) is 11.5 Å². The number of esters is 1. The molecule has 24 heavy (non-hydrogen) atoms. The van der Waals surface area contributed by atoms with E-state index in [9.17, 15) is 15.0 Å². The Morgan fingerprint density at radius 1 is 1.12 bits per heavy atom. The Hall–Kier alpha value is -2.53. The highest BCUT2D eigenvalue weighted by Gasteiger charge is 2.22. The number of aliphatic hydroxyl groups is 1. The number of phenolic OH excluding ortho intramolecular Hbond substituents is 1. The molecule has 0 heterocycles. The fourth-order valence-electron chi connectivity index (χ4n) is 2.18. The van der Waals surface area contributed by atoms with Crippen LogP contribution in [0.2, 0.25) is 0 Å². The molecule has 0 radical (unpaired) electrons. The highest BCUT2D eigenvalue weighted by Crippen LogP contribution is 2.28. The SMILES string of the molecule is CC(C)COC(=O)c1ccc(O)cc1C(CO)Oc1ccccc1. The van der Waals surface area contributed by atoms with Gasteiger partial charge in [0, 0.05) is 5.56 Å². The second-order valence-corrected chi connectivity index (χ2v) is 5.87. The lowest BCUT2D eigenvalue weighted by atomic mass is 10.0. The first-order valence-corrected chi connectivity index (χ1v) is 7.84. The summed E-state index contributed by atoms with van der Waals surface area (Å²) in [5, 5.41) is 19.5. The van der Waals surface area contributed by atoms with Gasteiger partial charge in [-0.3, -0.25) is 0 Å². The summed E-state index contributed by atoms with van der Waals surface area (Å²) >= 11 is 0. The van der Waals surface area contributed by atoms with Crippen LogP contribution in [-0.2, 0) is 4.74 Å². The normalized spacial score (nSPS) is 12.0. The van der Waals surface area contributed by atoms with Gasteiger partial charge in [-0.1, -0.05) is 32.0 Å². The van der Waals surface area contributed by atoms with Crippen molar-refractivity contribution in [2.24, 2.45) is 5.92 Å². The van der Waals surface area contributed by atoms with Gasteiger partial charge in [0.1, 0.15) is 17.6 Å². The standard InChI is InChI=1S/C19H22O5/c1-13(2)12-23-19(22)16-9-8-14(21)10-17(16)18(11-20)24-15-6-4-3-5-7-15/h3-10,13,18,20-21H,11-12H2,1-2H3. The highest BCUT2D eigenvalue weighted by molar-refractivity contribution is 5.91. The van der Waals surface area contributed by atoms with Crippen LogP contribution in [-0.4, -0.2) is 29.4 Å². The van der Waals surface area contributed by atoms with E-state index in [-0.39, 0.29) is 23.8 Å². The average Bonchev–Trinajstić information content (AvgIpc) is 2.58. The zero-order valence-electron chi connectivity index (χ0n) is 13.8. The van der Waals surface area contributed by atoms with Gasteiger partial charge in [-0.2, -0.15) is 0 Å². The molecular formula is C19H22O5. The molecule has 2 aromatic rings. The van der Waals surface area contributed by atoms with E-state index in [2.05, 4.69) is 0 Å². The van der Waals surface area contributed by atoms with Crippen LogP contribution >= 0.6 is 0 Å². The summed E-state index contributed by atoms with van der Waals surface area (Å²) in [7, 11) is 0. The number of aromatic hydroxyl groups is 1. The van der Waals surface area contributed by atoms with Crippen molar-refractivity contribution in [2.75, 3.05) is 13.2 Å². The molecule has 5 nitrogen and oxygen atoms in total. The molecule has 0 saturated heterocycles. The molecule has 0 fully saturated rings. The number of carbonyl (C=O) groups excluding carboxylic acids is 1. The first-order valence-electron chi connectivity index (χ1n) is 7.84. The van der Waals surface area contributed by atoms with Gasteiger partial charge in [0.2, 0.25) is 0 Å². The predicted molar refractivity (Wildman–Crippen MR) is 90.1 cm³/mol. The van der Waals surface area contributed by atoms with Gasteiger partial charge in [-0.15, -0.1) is 0 Å². The molecule has 0 aliphatic heterocycles. The van der Waals surface area contributed by atoms with E-state index in [0.717, 1.165) is 0 Å². The number of rotatable bonds is 7. The minimum absolute atomic E-state index is 0.0134. The van der Waals surface area contributed by atoms with Crippen LogP contribution in [0.1, 0.15) is 35.9 Å². The van der Waals surface area contributed by atoms with Crippen LogP contribution < -0.4 is 4.74 Å². The fraction of sp³-hybridized carbons (Fsp3) is 0.316. The Labute approximate surface area is 141 Å². The van der Waals surface area contributed by atoms with Gasteiger partial charge in [0.25, 0.3) is 0 Å². The van der Waals surface area contributed by atoms with Gasteiger partial charge < -0.3 is 19.7 Å². The molecule has 5 heteroatoms. The molecule has 0 saturated carbocycles. The maximum atomic E-state index is 12.3. The number of phenols is 1. The molecule has 1 unspecified atom stereocenters. The largest absolute Gasteiger partial charge is 0.508 e. The fourth-order valence-corrected chi connectivity index (χ4v) is 2.18. The smallest absolute Gasteiger partial charge is 0.338 e. The lowest BCUT2D eigenvalue weighted by molar-refractivity contribution is 0.0449. The van der Waals surface area contributed by atoms with Crippen molar-refractivity contribution in [3.05, 3.63) is 59.7 Å². The van der Waals surface area contributed by atoms with Crippen molar-refractivity contribution in [2.45, 2.75) is 20.0 Å². The van der Waals surface area contributed by atoms with Crippen LogP contribution in [0.15, 0.2) is 48.5 Å². The molecule has 128 valence electrons. The van der Waals surface area contributed by atoms with E-state index in [1.807, 2.05) is 32.0 Å². The van der Waals surface area contributed by atoms with Crippen LogP contribution in [0.25, 0.3) is 0 Å². The van der Waals surface area contributed by atoms with Gasteiger partial charge in [0.05, 0.1) is 18.8 Å². The number of para-hydroxylation sites is 1. The first kappa shape index (κ1) is 17.8. The molecule has 2 aromatic carbocycles. The van der Waals surface area contributed by atoms with Crippen LogP contribution in [0.3, 0.4) is 0 Å². The number of aliphatic hydroxyl groups excluding tert-OH is 1. The van der Waals surface area contributed by atoms with Crippen molar-refractivity contribution in [3.8, 4) is 11.5 Å². The van der Waals surface area contributed by atoms with Gasteiger partial charge >= 0.3 is 5.97 Å². The number of ether oxygens (including phenoxy) is 2. The van der Waals surface area contributed by atoms with Crippen molar-refractivity contribution in [1.82, 2.24) is 0 Å². The lowest BCUT2D eigenvalue weighted by Gasteiger charge is -2.20. The summed E-state index contributed by atoms with van der Waals surface area (Å²) in [6, 6.07) is 13.3. The molecule has 0 bridgehead atoms.